The fourth-order valence-electron chi connectivity index (χ4n) is 1.14. The zero-order valence-electron chi connectivity index (χ0n) is 9.88. The Morgan fingerprint density at radius 2 is 2.11 bits per heavy atom. The molecule has 0 fully saturated rings. The maximum Gasteiger partial charge on any atom is 0.573 e. The number of alkyl halides is 3. The van der Waals surface area contributed by atoms with Crippen molar-refractivity contribution in [3.63, 3.8) is 0 Å². The third-order valence-corrected chi connectivity index (χ3v) is 2.60. The second-order valence-corrected chi connectivity index (χ2v) is 4.25. The molecule has 1 aromatic rings. The van der Waals surface area contributed by atoms with E-state index in [2.05, 4.69) is 14.5 Å². The molecule has 0 saturated heterocycles. The molecule has 0 N–H and O–H groups in total. The van der Waals surface area contributed by atoms with Crippen LogP contribution in [0.15, 0.2) is 6.07 Å². The van der Waals surface area contributed by atoms with Crippen LogP contribution < -0.4 is 9.47 Å². The first-order chi connectivity index (χ1) is 8.78. The Morgan fingerprint density at radius 3 is 2.58 bits per heavy atom. The molecule has 5 nitrogen and oxygen atoms in total. The monoisotopic (exact) mass is 391 g/mol. The van der Waals surface area contributed by atoms with Crippen LogP contribution in [0, 0.1) is 3.57 Å². The van der Waals surface area contributed by atoms with E-state index in [4.69, 9.17) is 4.74 Å². The molecule has 0 spiro atoms. The summed E-state index contributed by atoms with van der Waals surface area (Å²) >= 11 is 1.58. The van der Waals surface area contributed by atoms with Crippen LogP contribution in [0.1, 0.15) is 17.4 Å². The summed E-state index contributed by atoms with van der Waals surface area (Å²) in [6.07, 6.45) is -4.93. The van der Waals surface area contributed by atoms with Crippen molar-refractivity contribution in [2.24, 2.45) is 0 Å². The van der Waals surface area contributed by atoms with Crippen LogP contribution in [-0.2, 0) is 4.74 Å². The third-order valence-electron chi connectivity index (χ3n) is 1.80. The maximum absolute atomic E-state index is 12.3. The summed E-state index contributed by atoms with van der Waals surface area (Å²) in [5.41, 5.74) is -0.581. The van der Waals surface area contributed by atoms with E-state index < -0.39 is 23.8 Å². The van der Waals surface area contributed by atoms with Crippen molar-refractivity contribution < 1.29 is 32.2 Å². The fourth-order valence-corrected chi connectivity index (χ4v) is 1.77. The number of aromatic nitrogens is 1. The lowest BCUT2D eigenvalue weighted by Gasteiger charge is -2.14. The first kappa shape index (κ1) is 15.8. The Kier molecular flexibility index (Phi) is 5.20. The standard InChI is InChI=1S/C10H9F3INO4/c1-3-18-9(16)7-8(19-10(11,12)13)5(14)4-6(15-7)17-2/h4H,3H2,1-2H3. The molecule has 0 atom stereocenters. The van der Waals surface area contributed by atoms with Gasteiger partial charge < -0.3 is 14.2 Å². The van der Waals surface area contributed by atoms with Gasteiger partial charge >= 0.3 is 12.3 Å². The molecular weight excluding hydrogens is 382 g/mol. The van der Waals surface area contributed by atoms with Gasteiger partial charge in [0.1, 0.15) is 0 Å². The van der Waals surface area contributed by atoms with Gasteiger partial charge in [-0.2, -0.15) is 0 Å². The summed E-state index contributed by atoms with van der Waals surface area (Å²) < 4.78 is 50.1. The van der Waals surface area contributed by atoms with Crippen LogP contribution in [0.25, 0.3) is 0 Å². The summed E-state index contributed by atoms with van der Waals surface area (Å²) in [6.45, 7) is 1.52. The number of carbonyl (C=O) groups excluding carboxylic acids is 1. The number of hydrogen-bond donors (Lipinski definition) is 0. The second-order valence-electron chi connectivity index (χ2n) is 3.09. The Morgan fingerprint density at radius 1 is 1.47 bits per heavy atom. The third kappa shape index (κ3) is 4.40. The topological polar surface area (TPSA) is 57.7 Å². The largest absolute Gasteiger partial charge is 0.573 e. The highest BCUT2D eigenvalue weighted by Crippen LogP contribution is 2.33. The highest BCUT2D eigenvalue weighted by molar-refractivity contribution is 14.1. The van der Waals surface area contributed by atoms with Gasteiger partial charge in [0, 0.05) is 6.07 Å². The SMILES string of the molecule is CCOC(=O)c1nc(OC)cc(I)c1OC(F)(F)F. The minimum Gasteiger partial charge on any atom is -0.481 e. The second kappa shape index (κ2) is 6.26. The molecule has 9 heteroatoms. The molecule has 0 aliphatic rings. The van der Waals surface area contributed by atoms with Crippen LogP contribution in [0.2, 0.25) is 0 Å². The molecule has 1 aromatic heterocycles. The molecular formula is C10H9F3INO4. The molecule has 0 bridgehead atoms. The minimum absolute atomic E-state index is 0.000238. The average Bonchev–Trinajstić information content (AvgIpc) is 2.30. The van der Waals surface area contributed by atoms with Gasteiger partial charge in [-0.25, -0.2) is 9.78 Å². The van der Waals surface area contributed by atoms with Gasteiger partial charge in [0.25, 0.3) is 0 Å². The van der Waals surface area contributed by atoms with E-state index >= 15 is 0 Å². The number of ether oxygens (including phenoxy) is 3. The summed E-state index contributed by atoms with van der Waals surface area (Å²) in [5, 5.41) is 0. The number of pyridine rings is 1. The van der Waals surface area contributed by atoms with Gasteiger partial charge in [0.15, 0.2) is 11.4 Å². The molecule has 19 heavy (non-hydrogen) atoms. The Balaban J connectivity index is 3.29. The number of carbonyl (C=O) groups is 1. The van der Waals surface area contributed by atoms with E-state index in [0.717, 1.165) is 0 Å². The van der Waals surface area contributed by atoms with E-state index in [1.807, 2.05) is 0 Å². The number of nitrogens with zero attached hydrogens (tertiary/aromatic N) is 1. The number of rotatable bonds is 4. The molecule has 1 heterocycles. The molecule has 106 valence electrons. The van der Waals surface area contributed by atoms with Gasteiger partial charge in [-0.1, -0.05) is 0 Å². The Labute approximate surface area is 120 Å². The molecule has 0 amide bonds. The lowest BCUT2D eigenvalue weighted by Crippen LogP contribution is -2.21. The van der Waals surface area contributed by atoms with E-state index in [9.17, 15) is 18.0 Å². The summed E-state index contributed by atoms with van der Waals surface area (Å²) in [6, 6.07) is 1.21. The fraction of sp³-hybridized carbons (Fsp3) is 0.400. The summed E-state index contributed by atoms with van der Waals surface area (Å²) in [7, 11) is 1.28. The van der Waals surface area contributed by atoms with Crippen LogP contribution in [0.5, 0.6) is 11.6 Å². The van der Waals surface area contributed by atoms with E-state index in [1.165, 1.54) is 20.1 Å². The zero-order valence-corrected chi connectivity index (χ0v) is 12.0. The zero-order chi connectivity index (χ0) is 14.6. The molecule has 0 aromatic carbocycles. The first-order valence-corrected chi connectivity index (χ1v) is 6.03. The Bertz CT molecular complexity index is 479. The molecule has 0 unspecified atom stereocenters. The van der Waals surface area contributed by atoms with Crippen molar-refractivity contribution in [3.8, 4) is 11.6 Å². The van der Waals surface area contributed by atoms with Crippen molar-refractivity contribution in [2.75, 3.05) is 13.7 Å². The Hall–Kier alpha value is -1.26. The van der Waals surface area contributed by atoms with E-state index in [1.54, 1.807) is 22.6 Å². The molecule has 0 aliphatic carbocycles. The number of halogens is 4. The average molecular weight is 391 g/mol. The predicted octanol–water partition coefficient (Wildman–Crippen LogP) is 2.77. The number of hydrogen-bond acceptors (Lipinski definition) is 5. The molecule has 0 saturated carbocycles. The van der Waals surface area contributed by atoms with Crippen molar-refractivity contribution in [1.82, 2.24) is 4.98 Å². The van der Waals surface area contributed by atoms with Crippen LogP contribution >= 0.6 is 22.6 Å². The van der Waals surface area contributed by atoms with Crippen LogP contribution in [-0.4, -0.2) is 31.0 Å². The van der Waals surface area contributed by atoms with Gasteiger partial charge in [-0.05, 0) is 29.5 Å². The molecule has 0 aliphatic heterocycles. The molecule has 1 rings (SSSR count). The van der Waals surface area contributed by atoms with Gasteiger partial charge in [-0.15, -0.1) is 13.2 Å². The minimum atomic E-state index is -4.93. The normalized spacial score (nSPS) is 11.1. The highest BCUT2D eigenvalue weighted by Gasteiger charge is 2.35. The first-order valence-electron chi connectivity index (χ1n) is 4.96. The maximum atomic E-state index is 12.3. The number of methoxy groups -OCH3 is 1. The van der Waals surface area contributed by atoms with Crippen LogP contribution in [0.3, 0.4) is 0 Å². The van der Waals surface area contributed by atoms with E-state index in [0.29, 0.717) is 0 Å². The summed E-state index contributed by atoms with van der Waals surface area (Å²) in [5.74, 6) is -1.73. The van der Waals surface area contributed by atoms with Gasteiger partial charge in [-0.3, -0.25) is 0 Å². The lowest BCUT2D eigenvalue weighted by atomic mass is 10.3. The predicted molar refractivity (Wildman–Crippen MR) is 66.1 cm³/mol. The van der Waals surface area contributed by atoms with Crippen molar-refractivity contribution in [2.45, 2.75) is 13.3 Å². The highest BCUT2D eigenvalue weighted by atomic mass is 127. The van der Waals surface area contributed by atoms with Crippen LogP contribution in [0.4, 0.5) is 13.2 Å². The summed E-state index contributed by atoms with van der Waals surface area (Å²) in [4.78, 5) is 15.2. The van der Waals surface area contributed by atoms with Crippen molar-refractivity contribution >= 4 is 28.6 Å². The van der Waals surface area contributed by atoms with Crippen molar-refractivity contribution in [1.29, 1.82) is 0 Å². The smallest absolute Gasteiger partial charge is 0.481 e. The molecule has 0 radical (unpaired) electrons. The quantitative estimate of drug-likeness (QED) is 0.584. The van der Waals surface area contributed by atoms with Crippen molar-refractivity contribution in [3.05, 3.63) is 15.3 Å². The van der Waals surface area contributed by atoms with Gasteiger partial charge in [0.05, 0.1) is 17.3 Å². The van der Waals surface area contributed by atoms with Gasteiger partial charge in [0.2, 0.25) is 5.88 Å². The van der Waals surface area contributed by atoms with E-state index in [-0.39, 0.29) is 16.1 Å². The lowest BCUT2D eigenvalue weighted by molar-refractivity contribution is -0.275. The number of esters is 1.